The number of hydrogen-bond donors (Lipinski definition) is 0. The second kappa shape index (κ2) is 5.63. The minimum absolute atomic E-state index is 0.262. The standard InChI is InChI=1S/C22H28S/c1-21(2,3)14-18(22(4,5)6)17-12-9-11-16-15-10-7-8-13-19(15)23-20(16)17/h7-13,18H,14H2,1-6H3. The van der Waals surface area contributed by atoms with Crippen molar-refractivity contribution in [2.45, 2.75) is 53.9 Å². The summed E-state index contributed by atoms with van der Waals surface area (Å²) in [5.74, 6) is 0.569. The van der Waals surface area contributed by atoms with Gasteiger partial charge in [-0.1, -0.05) is 77.9 Å². The molecule has 3 rings (SSSR count). The molecule has 0 bridgehead atoms. The number of benzene rings is 2. The summed E-state index contributed by atoms with van der Waals surface area (Å²) in [5, 5.41) is 2.82. The van der Waals surface area contributed by atoms with Gasteiger partial charge in [-0.2, -0.15) is 0 Å². The van der Waals surface area contributed by atoms with Crippen LogP contribution in [0.25, 0.3) is 20.2 Å². The molecule has 0 N–H and O–H groups in total. The van der Waals surface area contributed by atoms with Gasteiger partial charge in [0.2, 0.25) is 0 Å². The molecule has 0 amide bonds. The highest BCUT2D eigenvalue weighted by molar-refractivity contribution is 7.26. The molecule has 0 radical (unpaired) electrons. The van der Waals surface area contributed by atoms with Gasteiger partial charge in [0.25, 0.3) is 0 Å². The fraction of sp³-hybridized carbons (Fsp3) is 0.455. The molecule has 1 heterocycles. The topological polar surface area (TPSA) is 0 Å². The molecule has 0 saturated heterocycles. The van der Waals surface area contributed by atoms with Crippen molar-refractivity contribution in [1.82, 2.24) is 0 Å². The summed E-state index contributed by atoms with van der Waals surface area (Å²) < 4.78 is 2.89. The van der Waals surface area contributed by atoms with E-state index in [9.17, 15) is 0 Å². The van der Waals surface area contributed by atoms with E-state index in [1.54, 1.807) is 0 Å². The van der Waals surface area contributed by atoms with Crippen molar-refractivity contribution in [3.8, 4) is 0 Å². The SMILES string of the molecule is CC(C)(C)CC(c1cccc2c1sc1ccccc12)C(C)(C)C. The van der Waals surface area contributed by atoms with Crippen molar-refractivity contribution in [2.24, 2.45) is 10.8 Å². The molecule has 1 atom stereocenters. The first-order valence-corrected chi connectivity index (χ1v) is 9.39. The maximum absolute atomic E-state index is 2.38. The largest absolute Gasteiger partial charge is 0.135 e. The smallest absolute Gasteiger partial charge is 0.0390 e. The Morgan fingerprint density at radius 2 is 1.48 bits per heavy atom. The first kappa shape index (κ1) is 16.5. The Morgan fingerprint density at radius 3 is 2.13 bits per heavy atom. The molecule has 0 aliphatic heterocycles. The molecule has 0 aliphatic rings. The van der Waals surface area contributed by atoms with Crippen LogP contribution in [-0.4, -0.2) is 0 Å². The zero-order valence-corrected chi connectivity index (χ0v) is 16.1. The maximum Gasteiger partial charge on any atom is 0.0390 e. The predicted molar refractivity (Wildman–Crippen MR) is 106 cm³/mol. The Bertz CT molecular complexity index is 824. The second-order valence-electron chi connectivity index (χ2n) is 9.01. The molecule has 0 fully saturated rings. The monoisotopic (exact) mass is 324 g/mol. The predicted octanol–water partition coefficient (Wildman–Crippen LogP) is 7.62. The average molecular weight is 325 g/mol. The molecule has 0 aliphatic carbocycles. The lowest BCUT2D eigenvalue weighted by Gasteiger charge is -2.36. The van der Waals surface area contributed by atoms with Gasteiger partial charge in [0.1, 0.15) is 0 Å². The van der Waals surface area contributed by atoms with Gasteiger partial charge in [-0.05, 0) is 34.8 Å². The first-order valence-electron chi connectivity index (χ1n) is 8.57. The summed E-state index contributed by atoms with van der Waals surface area (Å²) in [7, 11) is 0. The lowest BCUT2D eigenvalue weighted by molar-refractivity contribution is 0.230. The zero-order valence-electron chi connectivity index (χ0n) is 15.2. The molecule has 1 heteroatoms. The molecule has 0 saturated carbocycles. The van der Waals surface area contributed by atoms with Crippen LogP contribution in [0.1, 0.15) is 59.4 Å². The minimum Gasteiger partial charge on any atom is -0.135 e. The van der Waals surface area contributed by atoms with E-state index in [4.69, 9.17) is 0 Å². The van der Waals surface area contributed by atoms with E-state index in [1.807, 2.05) is 11.3 Å². The van der Waals surface area contributed by atoms with E-state index in [-0.39, 0.29) is 5.41 Å². The van der Waals surface area contributed by atoms with E-state index in [2.05, 4.69) is 84.0 Å². The van der Waals surface area contributed by atoms with Crippen molar-refractivity contribution in [3.05, 3.63) is 48.0 Å². The Kier molecular flexibility index (Phi) is 4.04. The quantitative estimate of drug-likeness (QED) is 0.455. The maximum atomic E-state index is 2.38. The van der Waals surface area contributed by atoms with Gasteiger partial charge in [0.15, 0.2) is 0 Å². The number of rotatable bonds is 2. The van der Waals surface area contributed by atoms with Crippen LogP contribution >= 0.6 is 11.3 Å². The van der Waals surface area contributed by atoms with Gasteiger partial charge in [-0.3, -0.25) is 0 Å². The van der Waals surface area contributed by atoms with Gasteiger partial charge >= 0.3 is 0 Å². The Labute approximate surface area is 144 Å². The van der Waals surface area contributed by atoms with Crippen molar-refractivity contribution < 1.29 is 0 Å². The first-order chi connectivity index (χ1) is 10.7. The van der Waals surface area contributed by atoms with Gasteiger partial charge in [0.05, 0.1) is 0 Å². The highest BCUT2D eigenvalue weighted by atomic mass is 32.1. The molecule has 0 nitrogen and oxygen atoms in total. The van der Waals surface area contributed by atoms with Gasteiger partial charge in [-0.15, -0.1) is 11.3 Å². The van der Waals surface area contributed by atoms with Gasteiger partial charge in [0, 0.05) is 20.2 Å². The zero-order chi connectivity index (χ0) is 16.8. The van der Waals surface area contributed by atoms with Crippen molar-refractivity contribution >= 4 is 31.5 Å². The third-order valence-electron chi connectivity index (χ3n) is 4.67. The van der Waals surface area contributed by atoms with E-state index in [0.29, 0.717) is 11.3 Å². The highest BCUT2D eigenvalue weighted by Crippen LogP contribution is 2.47. The van der Waals surface area contributed by atoms with Crippen LogP contribution in [0.5, 0.6) is 0 Å². The molecule has 2 aromatic carbocycles. The van der Waals surface area contributed by atoms with Crippen LogP contribution in [0.4, 0.5) is 0 Å². The van der Waals surface area contributed by atoms with Gasteiger partial charge < -0.3 is 0 Å². The summed E-state index contributed by atoms with van der Waals surface area (Å²) >= 11 is 1.96. The van der Waals surface area contributed by atoms with E-state index < -0.39 is 0 Å². The molecule has 1 aromatic heterocycles. The molecular formula is C22H28S. The van der Waals surface area contributed by atoms with Crippen LogP contribution in [0.3, 0.4) is 0 Å². The van der Waals surface area contributed by atoms with Crippen molar-refractivity contribution in [3.63, 3.8) is 0 Å². The fourth-order valence-corrected chi connectivity index (χ4v) is 4.81. The molecule has 0 spiro atoms. The fourth-order valence-electron chi connectivity index (χ4n) is 3.54. The van der Waals surface area contributed by atoms with Crippen LogP contribution in [0.2, 0.25) is 0 Å². The third kappa shape index (κ3) is 3.30. The summed E-state index contributed by atoms with van der Waals surface area (Å²) in [6, 6.07) is 15.7. The summed E-state index contributed by atoms with van der Waals surface area (Å²) in [4.78, 5) is 0. The third-order valence-corrected chi connectivity index (χ3v) is 5.91. The lowest BCUT2D eigenvalue weighted by atomic mass is 9.69. The Hall–Kier alpha value is -1.34. The summed E-state index contributed by atoms with van der Waals surface area (Å²) in [6.07, 6.45) is 1.21. The number of hydrogen-bond acceptors (Lipinski definition) is 1. The van der Waals surface area contributed by atoms with Crippen LogP contribution in [0.15, 0.2) is 42.5 Å². The summed E-state index contributed by atoms with van der Waals surface area (Å²) in [6.45, 7) is 14.2. The van der Waals surface area contributed by atoms with Gasteiger partial charge in [-0.25, -0.2) is 0 Å². The van der Waals surface area contributed by atoms with E-state index in [1.165, 1.54) is 32.2 Å². The van der Waals surface area contributed by atoms with Crippen molar-refractivity contribution in [2.75, 3.05) is 0 Å². The molecule has 122 valence electrons. The highest BCUT2D eigenvalue weighted by Gasteiger charge is 2.31. The van der Waals surface area contributed by atoms with E-state index >= 15 is 0 Å². The molecular weight excluding hydrogens is 296 g/mol. The van der Waals surface area contributed by atoms with Crippen molar-refractivity contribution in [1.29, 1.82) is 0 Å². The Morgan fingerprint density at radius 1 is 0.826 bits per heavy atom. The van der Waals surface area contributed by atoms with Crippen LogP contribution in [-0.2, 0) is 0 Å². The van der Waals surface area contributed by atoms with E-state index in [0.717, 1.165) is 0 Å². The number of thiophene rings is 1. The molecule has 3 aromatic rings. The second-order valence-corrected chi connectivity index (χ2v) is 10.1. The minimum atomic E-state index is 0.262. The van der Waals surface area contributed by atoms with Crippen LogP contribution in [0, 0.1) is 10.8 Å². The Balaban J connectivity index is 2.24. The average Bonchev–Trinajstić information content (AvgIpc) is 2.81. The lowest BCUT2D eigenvalue weighted by Crippen LogP contribution is -2.23. The molecule has 1 unspecified atom stereocenters. The number of fused-ring (bicyclic) bond motifs is 3. The van der Waals surface area contributed by atoms with Crippen LogP contribution < -0.4 is 0 Å². The normalized spacial score (nSPS) is 14.5. The molecule has 23 heavy (non-hydrogen) atoms. The summed E-state index contributed by atoms with van der Waals surface area (Å²) in [5.41, 5.74) is 2.13.